The Labute approximate surface area is 88.5 Å². The highest BCUT2D eigenvalue weighted by Gasteiger charge is 2.28. The van der Waals surface area contributed by atoms with E-state index in [1.807, 2.05) is 4.90 Å². The van der Waals surface area contributed by atoms with Gasteiger partial charge in [-0.3, -0.25) is 0 Å². The third-order valence-corrected chi connectivity index (χ3v) is 2.31. The lowest BCUT2D eigenvalue weighted by molar-refractivity contribution is -0.134. The molecule has 1 aliphatic heterocycles. The van der Waals surface area contributed by atoms with E-state index in [1.165, 1.54) is 0 Å². The SMILES string of the molecule is C=CC(=O)OC(=C=O)C1CCCN1C=C. The van der Waals surface area contributed by atoms with Gasteiger partial charge in [0.05, 0.1) is 6.04 Å². The van der Waals surface area contributed by atoms with Crippen molar-refractivity contribution in [3.05, 3.63) is 31.2 Å². The van der Waals surface area contributed by atoms with Gasteiger partial charge in [0.2, 0.25) is 5.76 Å². The van der Waals surface area contributed by atoms with Crippen LogP contribution in [0.5, 0.6) is 0 Å². The number of nitrogens with zero attached hydrogens (tertiary/aromatic N) is 1. The molecule has 0 bridgehead atoms. The summed E-state index contributed by atoms with van der Waals surface area (Å²) < 4.78 is 4.81. The Kier molecular flexibility index (Phi) is 3.89. The number of esters is 1. The first-order chi connectivity index (χ1) is 7.22. The van der Waals surface area contributed by atoms with Gasteiger partial charge < -0.3 is 9.64 Å². The monoisotopic (exact) mass is 207 g/mol. The molecule has 0 radical (unpaired) electrons. The van der Waals surface area contributed by atoms with Crippen molar-refractivity contribution in [3.63, 3.8) is 0 Å². The Bertz CT molecular complexity index is 329. The second kappa shape index (κ2) is 5.17. The third kappa shape index (κ3) is 2.58. The standard InChI is InChI=1S/C11H13NO3/c1-3-11(14)15-10(8-13)9-6-5-7-12(9)4-2/h3-4,9H,1-2,5-7H2. The van der Waals surface area contributed by atoms with Crippen molar-refractivity contribution in [2.24, 2.45) is 0 Å². The van der Waals surface area contributed by atoms with Gasteiger partial charge in [0, 0.05) is 12.6 Å². The summed E-state index contributed by atoms with van der Waals surface area (Å²) in [4.78, 5) is 23.5. The maximum atomic E-state index is 10.9. The minimum atomic E-state index is -0.635. The van der Waals surface area contributed by atoms with Gasteiger partial charge >= 0.3 is 5.97 Å². The first-order valence-corrected chi connectivity index (χ1v) is 4.70. The minimum absolute atomic E-state index is 0.0114. The van der Waals surface area contributed by atoms with E-state index in [4.69, 9.17) is 4.74 Å². The smallest absolute Gasteiger partial charge is 0.336 e. The molecule has 1 fully saturated rings. The number of hydrogen-bond acceptors (Lipinski definition) is 4. The molecule has 0 aromatic heterocycles. The first kappa shape index (κ1) is 11.3. The van der Waals surface area contributed by atoms with Crippen LogP contribution < -0.4 is 0 Å². The average Bonchev–Trinajstić information content (AvgIpc) is 2.73. The quantitative estimate of drug-likeness (QED) is 0.299. The lowest BCUT2D eigenvalue weighted by Gasteiger charge is -2.21. The van der Waals surface area contributed by atoms with E-state index in [1.54, 1.807) is 12.1 Å². The molecule has 15 heavy (non-hydrogen) atoms. The van der Waals surface area contributed by atoms with E-state index in [0.717, 1.165) is 25.5 Å². The van der Waals surface area contributed by atoms with Crippen LogP contribution >= 0.6 is 0 Å². The molecule has 0 spiro atoms. The molecule has 1 atom stereocenters. The highest BCUT2D eigenvalue weighted by Crippen LogP contribution is 2.23. The molecule has 0 aromatic carbocycles. The van der Waals surface area contributed by atoms with Crippen molar-refractivity contribution in [1.29, 1.82) is 0 Å². The lowest BCUT2D eigenvalue weighted by Crippen LogP contribution is -2.28. The van der Waals surface area contributed by atoms with Crippen LogP contribution in [0.3, 0.4) is 0 Å². The molecule has 80 valence electrons. The van der Waals surface area contributed by atoms with Crippen molar-refractivity contribution in [1.82, 2.24) is 4.90 Å². The summed E-state index contributed by atoms with van der Waals surface area (Å²) in [5, 5.41) is 0. The first-order valence-electron chi connectivity index (χ1n) is 4.70. The molecule has 1 saturated heterocycles. The van der Waals surface area contributed by atoms with E-state index in [2.05, 4.69) is 13.2 Å². The molecule has 1 unspecified atom stereocenters. The van der Waals surface area contributed by atoms with Gasteiger partial charge in [-0.15, -0.1) is 0 Å². The zero-order chi connectivity index (χ0) is 11.3. The van der Waals surface area contributed by atoms with Crippen LogP contribution in [0.15, 0.2) is 31.2 Å². The molecule has 0 aromatic rings. The molecule has 1 aliphatic rings. The average molecular weight is 207 g/mol. The lowest BCUT2D eigenvalue weighted by atomic mass is 10.2. The zero-order valence-electron chi connectivity index (χ0n) is 8.44. The summed E-state index contributed by atoms with van der Waals surface area (Å²) in [7, 11) is 0. The molecule has 4 nitrogen and oxygen atoms in total. The molecule has 1 heterocycles. The predicted molar refractivity (Wildman–Crippen MR) is 55.4 cm³/mol. The van der Waals surface area contributed by atoms with Crippen LogP contribution in [0.4, 0.5) is 0 Å². The van der Waals surface area contributed by atoms with Crippen molar-refractivity contribution in [2.45, 2.75) is 18.9 Å². The Balaban J connectivity index is 2.74. The number of rotatable bonds is 4. The van der Waals surface area contributed by atoms with Gasteiger partial charge in [-0.2, -0.15) is 0 Å². The molecule has 4 heteroatoms. The third-order valence-electron chi connectivity index (χ3n) is 2.31. The summed E-state index contributed by atoms with van der Waals surface area (Å²) in [6.45, 7) is 7.70. The highest BCUT2D eigenvalue weighted by molar-refractivity contribution is 5.83. The fourth-order valence-electron chi connectivity index (χ4n) is 1.60. The fourth-order valence-corrected chi connectivity index (χ4v) is 1.60. The van der Waals surface area contributed by atoms with Gasteiger partial charge in [0.1, 0.15) is 0 Å². The second-order valence-electron chi connectivity index (χ2n) is 3.17. The largest absolute Gasteiger partial charge is 0.414 e. The summed E-state index contributed by atoms with van der Waals surface area (Å²) in [6, 6.07) is -0.219. The topological polar surface area (TPSA) is 46.6 Å². The van der Waals surface area contributed by atoms with Gasteiger partial charge in [0.15, 0.2) is 5.94 Å². The molecular formula is C11H13NO3. The van der Waals surface area contributed by atoms with Crippen LogP contribution in [-0.4, -0.2) is 29.4 Å². The van der Waals surface area contributed by atoms with E-state index in [0.29, 0.717) is 0 Å². The van der Waals surface area contributed by atoms with Crippen LogP contribution in [-0.2, 0) is 14.3 Å². The van der Waals surface area contributed by atoms with Crippen molar-refractivity contribution in [2.75, 3.05) is 6.54 Å². The van der Waals surface area contributed by atoms with Gasteiger partial charge in [-0.1, -0.05) is 13.2 Å². The Morgan fingerprint density at radius 1 is 1.53 bits per heavy atom. The predicted octanol–water partition coefficient (Wildman–Crippen LogP) is 1.04. The number of carbonyl (C=O) groups excluding carboxylic acids is 2. The fraction of sp³-hybridized carbons (Fsp3) is 0.364. The van der Waals surface area contributed by atoms with E-state index < -0.39 is 5.97 Å². The molecular weight excluding hydrogens is 194 g/mol. The van der Waals surface area contributed by atoms with Crippen molar-refractivity contribution in [3.8, 4) is 0 Å². The number of hydrogen-bond donors (Lipinski definition) is 0. The van der Waals surface area contributed by atoms with Gasteiger partial charge in [0.25, 0.3) is 0 Å². The molecule has 0 aliphatic carbocycles. The molecule has 1 rings (SSSR count). The van der Waals surface area contributed by atoms with E-state index in [9.17, 15) is 9.59 Å². The van der Waals surface area contributed by atoms with E-state index in [-0.39, 0.29) is 11.8 Å². The van der Waals surface area contributed by atoms with Gasteiger partial charge in [-0.05, 0) is 19.0 Å². The normalized spacial score (nSPS) is 19.2. The van der Waals surface area contributed by atoms with Crippen molar-refractivity contribution < 1.29 is 14.3 Å². The number of likely N-dealkylation sites (tertiary alicyclic amines) is 1. The summed E-state index contributed by atoms with van der Waals surface area (Å²) in [5.41, 5.74) is 0. The highest BCUT2D eigenvalue weighted by atomic mass is 16.5. The maximum absolute atomic E-state index is 10.9. The minimum Gasteiger partial charge on any atom is -0.414 e. The number of ether oxygens (including phenoxy) is 1. The van der Waals surface area contributed by atoms with Crippen molar-refractivity contribution >= 4 is 11.9 Å². The second-order valence-corrected chi connectivity index (χ2v) is 3.17. The summed E-state index contributed by atoms with van der Waals surface area (Å²) in [5.74, 6) is 1.04. The Morgan fingerprint density at radius 2 is 2.27 bits per heavy atom. The molecule has 0 amide bonds. The summed E-state index contributed by atoms with van der Waals surface area (Å²) >= 11 is 0. The Hall–Kier alpha value is -1.80. The van der Waals surface area contributed by atoms with Crippen LogP contribution in [0, 0.1) is 0 Å². The molecule has 0 saturated carbocycles. The van der Waals surface area contributed by atoms with Crippen LogP contribution in [0.25, 0.3) is 0 Å². The summed E-state index contributed by atoms with van der Waals surface area (Å²) in [6.07, 6.45) is 4.36. The van der Waals surface area contributed by atoms with Crippen LogP contribution in [0.2, 0.25) is 0 Å². The molecule has 0 N–H and O–H groups in total. The van der Waals surface area contributed by atoms with Crippen LogP contribution in [0.1, 0.15) is 12.8 Å². The van der Waals surface area contributed by atoms with E-state index >= 15 is 0 Å². The zero-order valence-corrected chi connectivity index (χ0v) is 8.44. The number of carbonyl (C=O) groups is 1. The Morgan fingerprint density at radius 3 is 2.80 bits per heavy atom. The maximum Gasteiger partial charge on any atom is 0.336 e. The van der Waals surface area contributed by atoms with Gasteiger partial charge in [-0.25, -0.2) is 9.59 Å².